The molecule has 0 saturated heterocycles. The van der Waals surface area contributed by atoms with E-state index in [0.29, 0.717) is 22.2 Å². The highest BCUT2D eigenvalue weighted by molar-refractivity contribution is 6.67. The van der Waals surface area contributed by atoms with Crippen LogP contribution in [0.15, 0.2) is 72.8 Å². The summed E-state index contributed by atoms with van der Waals surface area (Å²) in [6.07, 6.45) is 0. The van der Waals surface area contributed by atoms with Crippen LogP contribution in [-0.2, 0) is 0 Å². The van der Waals surface area contributed by atoms with Gasteiger partial charge in [0.15, 0.2) is 0 Å². The summed E-state index contributed by atoms with van der Waals surface area (Å²) in [5.74, 6) is -0.353. The molecule has 0 bridgehead atoms. The Morgan fingerprint density at radius 1 is 0.815 bits per heavy atom. The summed E-state index contributed by atoms with van der Waals surface area (Å²) in [5.41, 5.74) is 1.14. The molecule has 4 aromatic carbocycles. The molecule has 0 aliphatic heterocycles. The van der Waals surface area contributed by atoms with Crippen LogP contribution in [0.5, 0.6) is 5.75 Å². The molecule has 4 rings (SSSR count). The summed E-state index contributed by atoms with van der Waals surface area (Å²) >= 11 is 5.53. The molecule has 0 radical (unpaired) electrons. The largest absolute Gasteiger partial charge is 0.506 e. The molecule has 0 saturated carbocycles. The van der Waals surface area contributed by atoms with Crippen LogP contribution in [0.1, 0.15) is 20.7 Å². The second-order valence-corrected chi connectivity index (χ2v) is 6.53. The number of nitrogens with one attached hydrogen (secondary N) is 1. The molecular formula is C22H14ClNO3. The van der Waals surface area contributed by atoms with Gasteiger partial charge in [0.1, 0.15) is 5.75 Å². The summed E-state index contributed by atoms with van der Waals surface area (Å²) in [4.78, 5) is 24.2. The highest BCUT2D eigenvalue weighted by Gasteiger charge is 2.14. The van der Waals surface area contributed by atoms with Crippen LogP contribution in [0, 0.1) is 0 Å². The molecule has 0 aliphatic carbocycles. The predicted octanol–water partition coefficient (Wildman–Crippen LogP) is 5.33. The molecule has 27 heavy (non-hydrogen) atoms. The Hall–Kier alpha value is -3.37. The topological polar surface area (TPSA) is 66.4 Å². The van der Waals surface area contributed by atoms with E-state index in [1.807, 2.05) is 30.3 Å². The zero-order valence-electron chi connectivity index (χ0n) is 14.1. The van der Waals surface area contributed by atoms with E-state index in [2.05, 4.69) is 5.32 Å². The van der Waals surface area contributed by atoms with Crippen LogP contribution < -0.4 is 5.32 Å². The first kappa shape index (κ1) is 17.1. The molecule has 0 atom stereocenters. The van der Waals surface area contributed by atoms with Crippen molar-refractivity contribution in [2.24, 2.45) is 0 Å². The van der Waals surface area contributed by atoms with Crippen LogP contribution in [0.2, 0.25) is 0 Å². The third kappa shape index (κ3) is 3.23. The standard InChI is InChI=1S/C22H14ClNO3/c23-21(26)16-8-9-17-15(10-16)6-3-7-18(17)22(27)24-19-11-13-4-1-2-5-14(13)12-20(19)25/h1-12,25H,(H,24,27). The Kier molecular flexibility index (Phi) is 4.26. The van der Waals surface area contributed by atoms with Crippen molar-refractivity contribution in [3.8, 4) is 5.75 Å². The van der Waals surface area contributed by atoms with Gasteiger partial charge >= 0.3 is 0 Å². The Bertz CT molecular complexity index is 1220. The average Bonchev–Trinajstić information content (AvgIpc) is 2.67. The number of phenolic OH excluding ortho intramolecular Hbond substituents is 1. The van der Waals surface area contributed by atoms with E-state index in [-0.39, 0.29) is 11.7 Å². The van der Waals surface area contributed by atoms with Gasteiger partial charge in [0.05, 0.1) is 5.69 Å². The maximum absolute atomic E-state index is 12.8. The highest BCUT2D eigenvalue weighted by atomic mass is 35.5. The Balaban J connectivity index is 1.73. The number of amides is 1. The van der Waals surface area contributed by atoms with Crippen molar-refractivity contribution < 1.29 is 14.7 Å². The molecule has 0 unspecified atom stereocenters. The number of carbonyl (C=O) groups excluding carboxylic acids is 2. The van der Waals surface area contributed by atoms with E-state index in [4.69, 9.17) is 11.6 Å². The first-order chi connectivity index (χ1) is 13.0. The molecule has 0 aromatic heterocycles. The van der Waals surface area contributed by atoms with Crippen molar-refractivity contribution in [1.29, 1.82) is 0 Å². The fourth-order valence-corrected chi connectivity index (χ4v) is 3.24. The molecule has 4 nitrogen and oxygen atoms in total. The number of fused-ring (bicyclic) bond motifs is 2. The van der Waals surface area contributed by atoms with Crippen molar-refractivity contribution in [3.63, 3.8) is 0 Å². The second kappa shape index (κ2) is 6.74. The maximum Gasteiger partial charge on any atom is 0.256 e. The number of hydrogen-bond acceptors (Lipinski definition) is 3. The molecule has 0 aliphatic rings. The summed E-state index contributed by atoms with van der Waals surface area (Å²) in [5, 5.41) is 15.7. The minimum Gasteiger partial charge on any atom is -0.506 e. The van der Waals surface area contributed by atoms with Crippen molar-refractivity contribution >= 4 is 50.0 Å². The van der Waals surface area contributed by atoms with Gasteiger partial charge in [-0.05, 0) is 63.5 Å². The number of phenols is 1. The van der Waals surface area contributed by atoms with E-state index in [1.165, 1.54) is 0 Å². The lowest BCUT2D eigenvalue weighted by Gasteiger charge is -2.11. The Labute approximate surface area is 160 Å². The third-order valence-electron chi connectivity index (χ3n) is 4.46. The van der Waals surface area contributed by atoms with Gasteiger partial charge in [0, 0.05) is 11.1 Å². The maximum atomic E-state index is 12.8. The number of aromatic hydroxyl groups is 1. The van der Waals surface area contributed by atoms with E-state index in [9.17, 15) is 14.7 Å². The van der Waals surface area contributed by atoms with Gasteiger partial charge in [-0.1, -0.05) is 42.5 Å². The number of halogens is 1. The summed E-state index contributed by atoms with van der Waals surface area (Å²) < 4.78 is 0. The summed E-state index contributed by atoms with van der Waals surface area (Å²) in [7, 11) is 0. The third-order valence-corrected chi connectivity index (χ3v) is 4.68. The van der Waals surface area contributed by atoms with E-state index >= 15 is 0 Å². The predicted molar refractivity (Wildman–Crippen MR) is 108 cm³/mol. The second-order valence-electron chi connectivity index (χ2n) is 6.19. The minimum atomic E-state index is -0.548. The summed E-state index contributed by atoms with van der Waals surface area (Å²) in [6.45, 7) is 0. The van der Waals surface area contributed by atoms with Crippen LogP contribution in [0.3, 0.4) is 0 Å². The molecule has 1 amide bonds. The van der Waals surface area contributed by atoms with Crippen molar-refractivity contribution in [2.45, 2.75) is 0 Å². The zero-order valence-corrected chi connectivity index (χ0v) is 14.8. The summed E-state index contributed by atoms with van der Waals surface area (Å²) in [6, 6.07) is 21.1. The average molecular weight is 376 g/mol. The van der Waals surface area contributed by atoms with Gasteiger partial charge in [0.2, 0.25) is 0 Å². The van der Waals surface area contributed by atoms with E-state index in [0.717, 1.165) is 16.2 Å². The van der Waals surface area contributed by atoms with Gasteiger partial charge < -0.3 is 10.4 Å². The lowest BCUT2D eigenvalue weighted by molar-refractivity contribution is 0.102. The van der Waals surface area contributed by atoms with Gasteiger partial charge in [-0.2, -0.15) is 0 Å². The van der Waals surface area contributed by atoms with Crippen LogP contribution in [0.25, 0.3) is 21.5 Å². The van der Waals surface area contributed by atoms with Gasteiger partial charge in [-0.25, -0.2) is 0 Å². The number of rotatable bonds is 3. The molecule has 4 aromatic rings. The van der Waals surface area contributed by atoms with Gasteiger partial charge in [0.25, 0.3) is 11.1 Å². The first-order valence-electron chi connectivity index (χ1n) is 8.28. The fraction of sp³-hybridized carbons (Fsp3) is 0. The molecular weight excluding hydrogens is 362 g/mol. The molecule has 0 fully saturated rings. The highest BCUT2D eigenvalue weighted by Crippen LogP contribution is 2.30. The fourth-order valence-electron chi connectivity index (χ4n) is 3.12. The normalized spacial score (nSPS) is 10.9. The van der Waals surface area contributed by atoms with Crippen LogP contribution in [-0.4, -0.2) is 16.3 Å². The number of benzene rings is 4. The first-order valence-corrected chi connectivity index (χ1v) is 8.66. The quantitative estimate of drug-likeness (QED) is 0.375. The minimum absolute atomic E-state index is 0.00249. The SMILES string of the molecule is O=C(Cl)c1ccc2c(C(=O)Nc3cc4ccccc4cc3O)cccc2c1. The van der Waals surface area contributed by atoms with Crippen molar-refractivity contribution in [1.82, 2.24) is 0 Å². The smallest absolute Gasteiger partial charge is 0.256 e. The molecule has 0 spiro atoms. The van der Waals surface area contributed by atoms with E-state index in [1.54, 1.807) is 42.5 Å². The van der Waals surface area contributed by atoms with Gasteiger partial charge in [-0.15, -0.1) is 0 Å². The molecule has 2 N–H and O–H groups in total. The number of hydrogen-bond donors (Lipinski definition) is 2. The molecule has 0 heterocycles. The zero-order chi connectivity index (χ0) is 19.0. The Morgan fingerprint density at radius 3 is 2.26 bits per heavy atom. The Morgan fingerprint density at radius 2 is 1.52 bits per heavy atom. The number of anilines is 1. The van der Waals surface area contributed by atoms with E-state index < -0.39 is 5.24 Å². The number of carbonyl (C=O) groups is 2. The molecule has 5 heteroatoms. The lowest BCUT2D eigenvalue weighted by atomic mass is 10.0. The van der Waals surface area contributed by atoms with Gasteiger partial charge in [-0.3, -0.25) is 9.59 Å². The lowest BCUT2D eigenvalue weighted by Crippen LogP contribution is -2.12. The monoisotopic (exact) mass is 375 g/mol. The van der Waals surface area contributed by atoms with Crippen molar-refractivity contribution in [3.05, 3.63) is 83.9 Å². The van der Waals surface area contributed by atoms with Crippen LogP contribution >= 0.6 is 11.6 Å². The van der Waals surface area contributed by atoms with Crippen molar-refractivity contribution in [2.75, 3.05) is 5.32 Å². The van der Waals surface area contributed by atoms with Crippen LogP contribution in [0.4, 0.5) is 5.69 Å². The molecule has 132 valence electrons.